The van der Waals surface area contributed by atoms with Crippen LogP contribution in [0, 0.1) is 6.92 Å². The van der Waals surface area contributed by atoms with E-state index in [1.807, 2.05) is 38.1 Å². The van der Waals surface area contributed by atoms with E-state index in [0.717, 1.165) is 22.3 Å². The SMILES string of the molecule is Cc1ccc(Cl)cc1-c1cncc(C(C)CC(=O)O)c1. The van der Waals surface area contributed by atoms with Crippen LogP contribution in [0.4, 0.5) is 0 Å². The second-order valence-electron chi connectivity index (χ2n) is 4.97. The van der Waals surface area contributed by atoms with E-state index in [-0.39, 0.29) is 12.3 Å². The van der Waals surface area contributed by atoms with Crippen molar-refractivity contribution in [3.05, 3.63) is 52.8 Å². The third-order valence-corrected chi connectivity index (χ3v) is 3.55. The van der Waals surface area contributed by atoms with E-state index in [4.69, 9.17) is 16.7 Å². The number of aliphatic carboxylic acids is 1. The molecule has 1 heterocycles. The summed E-state index contributed by atoms with van der Waals surface area (Å²) >= 11 is 6.04. The molecule has 0 aliphatic heterocycles. The van der Waals surface area contributed by atoms with Crippen molar-refractivity contribution in [1.29, 1.82) is 0 Å². The van der Waals surface area contributed by atoms with Gasteiger partial charge in [0.1, 0.15) is 0 Å². The minimum atomic E-state index is -0.804. The summed E-state index contributed by atoms with van der Waals surface area (Å²) in [6.07, 6.45) is 3.59. The first-order valence-electron chi connectivity index (χ1n) is 6.40. The molecule has 0 aliphatic carbocycles. The molecule has 0 radical (unpaired) electrons. The zero-order chi connectivity index (χ0) is 14.7. The van der Waals surface area contributed by atoms with E-state index >= 15 is 0 Å². The minimum Gasteiger partial charge on any atom is -0.481 e. The standard InChI is InChI=1S/C16H16ClNO2/c1-10-3-4-14(17)7-15(10)13-6-12(8-18-9-13)11(2)5-16(19)20/h3-4,6-9,11H,5H2,1-2H3,(H,19,20). The smallest absolute Gasteiger partial charge is 0.303 e. The average Bonchev–Trinajstić information content (AvgIpc) is 2.41. The molecular weight excluding hydrogens is 274 g/mol. The first-order valence-corrected chi connectivity index (χ1v) is 6.78. The van der Waals surface area contributed by atoms with Crippen LogP contribution in [0.15, 0.2) is 36.7 Å². The first kappa shape index (κ1) is 14.5. The fraction of sp³-hybridized carbons (Fsp3) is 0.250. The zero-order valence-electron chi connectivity index (χ0n) is 11.4. The van der Waals surface area contributed by atoms with Crippen LogP contribution in [0.5, 0.6) is 0 Å². The van der Waals surface area contributed by atoms with Crippen molar-refractivity contribution < 1.29 is 9.90 Å². The van der Waals surface area contributed by atoms with Crippen LogP contribution in [-0.2, 0) is 4.79 Å². The Morgan fingerprint density at radius 3 is 2.80 bits per heavy atom. The summed E-state index contributed by atoms with van der Waals surface area (Å²) in [7, 11) is 0. The molecule has 0 saturated carbocycles. The van der Waals surface area contributed by atoms with Crippen LogP contribution in [0.1, 0.15) is 30.4 Å². The maximum atomic E-state index is 10.8. The molecule has 0 saturated heterocycles. The van der Waals surface area contributed by atoms with Crippen molar-refractivity contribution in [3.8, 4) is 11.1 Å². The van der Waals surface area contributed by atoms with Crippen molar-refractivity contribution in [2.24, 2.45) is 0 Å². The predicted octanol–water partition coefficient (Wildman–Crippen LogP) is 4.29. The number of hydrogen-bond donors (Lipinski definition) is 1. The van der Waals surface area contributed by atoms with E-state index < -0.39 is 5.97 Å². The molecule has 20 heavy (non-hydrogen) atoms. The van der Waals surface area contributed by atoms with Crippen molar-refractivity contribution >= 4 is 17.6 Å². The third-order valence-electron chi connectivity index (χ3n) is 3.32. The number of nitrogens with zero attached hydrogens (tertiary/aromatic N) is 1. The van der Waals surface area contributed by atoms with Crippen LogP contribution in [0.25, 0.3) is 11.1 Å². The monoisotopic (exact) mass is 289 g/mol. The normalized spacial score (nSPS) is 12.2. The number of benzene rings is 1. The Kier molecular flexibility index (Phi) is 4.40. The summed E-state index contributed by atoms with van der Waals surface area (Å²) < 4.78 is 0. The maximum Gasteiger partial charge on any atom is 0.303 e. The summed E-state index contributed by atoms with van der Waals surface area (Å²) in [4.78, 5) is 15.0. The van der Waals surface area contributed by atoms with Gasteiger partial charge in [0, 0.05) is 23.0 Å². The fourth-order valence-corrected chi connectivity index (χ4v) is 2.33. The van der Waals surface area contributed by atoms with Crippen molar-refractivity contribution in [2.75, 3.05) is 0 Å². The molecule has 4 heteroatoms. The summed E-state index contributed by atoms with van der Waals surface area (Å²) in [5.41, 5.74) is 4.01. The van der Waals surface area contributed by atoms with Gasteiger partial charge in [-0.15, -0.1) is 0 Å². The molecule has 1 N–H and O–H groups in total. The highest BCUT2D eigenvalue weighted by Crippen LogP contribution is 2.29. The third kappa shape index (κ3) is 3.36. The Balaban J connectivity index is 2.39. The molecule has 2 aromatic rings. The van der Waals surface area contributed by atoms with Gasteiger partial charge in [-0.3, -0.25) is 9.78 Å². The summed E-state index contributed by atoms with van der Waals surface area (Å²) in [5, 5.41) is 9.55. The van der Waals surface area contributed by atoms with Gasteiger partial charge in [-0.05, 0) is 47.7 Å². The number of carbonyl (C=O) groups is 1. The predicted molar refractivity (Wildman–Crippen MR) is 80.1 cm³/mol. The van der Waals surface area contributed by atoms with Gasteiger partial charge >= 0.3 is 5.97 Å². The highest BCUT2D eigenvalue weighted by molar-refractivity contribution is 6.30. The number of halogens is 1. The summed E-state index contributed by atoms with van der Waals surface area (Å²) in [5.74, 6) is -0.874. The lowest BCUT2D eigenvalue weighted by Gasteiger charge is -2.12. The number of aryl methyl sites for hydroxylation is 1. The Bertz CT molecular complexity index is 640. The van der Waals surface area contributed by atoms with Crippen molar-refractivity contribution in [2.45, 2.75) is 26.2 Å². The van der Waals surface area contributed by atoms with Gasteiger partial charge in [-0.25, -0.2) is 0 Å². The molecule has 0 spiro atoms. The Morgan fingerprint density at radius 2 is 2.10 bits per heavy atom. The van der Waals surface area contributed by atoms with Crippen molar-refractivity contribution in [1.82, 2.24) is 4.98 Å². The van der Waals surface area contributed by atoms with Crippen LogP contribution < -0.4 is 0 Å². The minimum absolute atomic E-state index is 0.0700. The highest BCUT2D eigenvalue weighted by Gasteiger charge is 2.12. The van der Waals surface area contributed by atoms with Crippen LogP contribution >= 0.6 is 11.6 Å². The Morgan fingerprint density at radius 1 is 1.35 bits per heavy atom. The van der Waals surface area contributed by atoms with Gasteiger partial charge in [0.2, 0.25) is 0 Å². The van der Waals surface area contributed by atoms with E-state index in [2.05, 4.69) is 4.98 Å². The number of aromatic nitrogens is 1. The fourth-order valence-electron chi connectivity index (χ4n) is 2.16. The molecule has 0 bridgehead atoms. The first-order chi connectivity index (χ1) is 9.47. The molecule has 3 nitrogen and oxygen atoms in total. The molecule has 104 valence electrons. The second kappa shape index (κ2) is 6.06. The van der Waals surface area contributed by atoms with Crippen molar-refractivity contribution in [3.63, 3.8) is 0 Å². The topological polar surface area (TPSA) is 50.2 Å². The number of rotatable bonds is 4. The highest BCUT2D eigenvalue weighted by atomic mass is 35.5. The number of carboxylic acid groups (broad SMARTS) is 1. The zero-order valence-corrected chi connectivity index (χ0v) is 12.2. The lowest BCUT2D eigenvalue weighted by Crippen LogP contribution is -2.03. The summed E-state index contributed by atoms with van der Waals surface area (Å²) in [6.45, 7) is 3.90. The quantitative estimate of drug-likeness (QED) is 0.913. The van der Waals surface area contributed by atoms with Crippen LogP contribution in [0.3, 0.4) is 0 Å². The number of hydrogen-bond acceptors (Lipinski definition) is 2. The van der Waals surface area contributed by atoms with Crippen LogP contribution in [-0.4, -0.2) is 16.1 Å². The molecule has 1 aromatic heterocycles. The van der Waals surface area contributed by atoms with E-state index in [0.29, 0.717) is 5.02 Å². The molecular formula is C16H16ClNO2. The van der Waals surface area contributed by atoms with E-state index in [1.54, 1.807) is 12.4 Å². The molecule has 1 unspecified atom stereocenters. The number of carboxylic acids is 1. The Hall–Kier alpha value is -1.87. The van der Waals surface area contributed by atoms with Gasteiger partial charge in [0.25, 0.3) is 0 Å². The van der Waals surface area contributed by atoms with Gasteiger partial charge < -0.3 is 5.11 Å². The molecule has 1 aromatic carbocycles. The molecule has 0 aliphatic rings. The second-order valence-corrected chi connectivity index (χ2v) is 5.40. The summed E-state index contributed by atoms with van der Waals surface area (Å²) in [6, 6.07) is 7.70. The molecule has 0 amide bonds. The maximum absolute atomic E-state index is 10.8. The Labute approximate surface area is 123 Å². The average molecular weight is 290 g/mol. The van der Waals surface area contributed by atoms with E-state index in [1.165, 1.54) is 0 Å². The molecule has 2 rings (SSSR count). The largest absolute Gasteiger partial charge is 0.481 e. The van der Waals surface area contributed by atoms with Gasteiger partial charge in [0.05, 0.1) is 6.42 Å². The lowest BCUT2D eigenvalue weighted by atomic mass is 9.95. The van der Waals surface area contributed by atoms with Gasteiger partial charge in [0.15, 0.2) is 0 Å². The van der Waals surface area contributed by atoms with E-state index in [9.17, 15) is 4.79 Å². The lowest BCUT2D eigenvalue weighted by molar-refractivity contribution is -0.137. The van der Waals surface area contributed by atoms with Gasteiger partial charge in [-0.1, -0.05) is 24.6 Å². The molecule has 1 atom stereocenters. The van der Waals surface area contributed by atoms with Gasteiger partial charge in [-0.2, -0.15) is 0 Å². The molecule has 0 fully saturated rings. The van der Waals surface area contributed by atoms with Crippen LogP contribution in [0.2, 0.25) is 5.02 Å². The number of pyridine rings is 1.